The molecule has 1 heterocycles. The summed E-state index contributed by atoms with van der Waals surface area (Å²) in [5.41, 5.74) is 0. The smallest absolute Gasteiger partial charge is 0.127 e. The zero-order valence-electron chi connectivity index (χ0n) is 9.60. The minimum atomic E-state index is 0.603. The second-order valence-corrected chi connectivity index (χ2v) is 5.81. The third kappa shape index (κ3) is 2.28. The molecule has 0 aliphatic carbocycles. The Morgan fingerprint density at radius 2 is 1.83 bits per heavy atom. The van der Waals surface area contributed by atoms with Crippen LogP contribution < -0.4 is 4.74 Å². The van der Waals surface area contributed by atoms with Gasteiger partial charge in [0.1, 0.15) is 12.4 Å². The van der Waals surface area contributed by atoms with Crippen LogP contribution in [-0.4, -0.2) is 0 Å². The van der Waals surface area contributed by atoms with E-state index in [0.29, 0.717) is 6.61 Å². The highest BCUT2D eigenvalue weighted by Gasteiger charge is 2.04. The van der Waals surface area contributed by atoms with E-state index in [0.717, 1.165) is 15.6 Å². The molecule has 18 heavy (non-hydrogen) atoms. The molecule has 90 valence electrons. The van der Waals surface area contributed by atoms with E-state index in [-0.39, 0.29) is 0 Å². The summed E-state index contributed by atoms with van der Waals surface area (Å²) in [6, 6.07) is 16.5. The number of halogens is 1. The summed E-state index contributed by atoms with van der Waals surface area (Å²) in [5.74, 6) is 0.938. The first-order chi connectivity index (χ1) is 8.84. The highest BCUT2D eigenvalue weighted by atomic mass is 79.9. The molecule has 0 unspecified atom stereocenters. The molecule has 0 spiro atoms. The number of ether oxygens (including phenoxy) is 1. The molecular formula is C15H11BrOS. The van der Waals surface area contributed by atoms with E-state index in [1.807, 2.05) is 30.3 Å². The summed E-state index contributed by atoms with van der Waals surface area (Å²) < 4.78 is 7.04. The Balaban J connectivity index is 1.89. The second-order valence-electron chi connectivity index (χ2n) is 3.96. The Hall–Kier alpha value is -1.32. The highest BCUT2D eigenvalue weighted by molar-refractivity contribution is 9.10. The largest absolute Gasteiger partial charge is 0.487 e. The molecule has 1 aromatic heterocycles. The number of rotatable bonds is 3. The lowest BCUT2D eigenvalue weighted by molar-refractivity contribution is 0.313. The number of hydrogen-bond acceptors (Lipinski definition) is 2. The fourth-order valence-corrected chi connectivity index (χ4v) is 3.27. The van der Waals surface area contributed by atoms with Crippen LogP contribution in [0.3, 0.4) is 0 Å². The molecule has 0 radical (unpaired) electrons. The van der Waals surface area contributed by atoms with E-state index >= 15 is 0 Å². The summed E-state index contributed by atoms with van der Waals surface area (Å²) >= 11 is 5.22. The van der Waals surface area contributed by atoms with Crippen molar-refractivity contribution in [1.82, 2.24) is 0 Å². The predicted octanol–water partition coefficient (Wildman–Crippen LogP) is 5.24. The van der Waals surface area contributed by atoms with Crippen molar-refractivity contribution in [3.05, 3.63) is 63.3 Å². The molecule has 0 saturated heterocycles. The van der Waals surface area contributed by atoms with Gasteiger partial charge in [0.25, 0.3) is 0 Å². The van der Waals surface area contributed by atoms with Crippen molar-refractivity contribution in [2.24, 2.45) is 0 Å². The van der Waals surface area contributed by atoms with Crippen LogP contribution in [0.1, 0.15) is 4.88 Å². The highest BCUT2D eigenvalue weighted by Crippen LogP contribution is 2.28. The van der Waals surface area contributed by atoms with E-state index in [1.54, 1.807) is 11.3 Å². The molecule has 0 amide bonds. The van der Waals surface area contributed by atoms with E-state index < -0.39 is 0 Å². The predicted molar refractivity (Wildman–Crippen MR) is 80.3 cm³/mol. The van der Waals surface area contributed by atoms with Crippen molar-refractivity contribution in [3.8, 4) is 5.75 Å². The first-order valence-electron chi connectivity index (χ1n) is 5.67. The van der Waals surface area contributed by atoms with Crippen LogP contribution in [0.2, 0.25) is 0 Å². The van der Waals surface area contributed by atoms with Gasteiger partial charge in [-0.05, 0) is 38.8 Å². The molecule has 3 heteroatoms. The van der Waals surface area contributed by atoms with Crippen LogP contribution in [0.4, 0.5) is 0 Å². The van der Waals surface area contributed by atoms with Crippen molar-refractivity contribution in [2.45, 2.75) is 6.61 Å². The molecular weight excluding hydrogens is 308 g/mol. The number of benzene rings is 2. The van der Waals surface area contributed by atoms with Crippen LogP contribution in [0.15, 0.2) is 58.4 Å². The summed E-state index contributed by atoms with van der Waals surface area (Å²) in [6.45, 7) is 0.603. The molecule has 0 saturated carbocycles. The summed E-state index contributed by atoms with van der Waals surface area (Å²) in [6.07, 6.45) is 0. The average molecular weight is 319 g/mol. The monoisotopic (exact) mass is 318 g/mol. The lowest BCUT2D eigenvalue weighted by Gasteiger charge is -2.08. The van der Waals surface area contributed by atoms with Gasteiger partial charge in [-0.1, -0.05) is 36.4 Å². The van der Waals surface area contributed by atoms with Gasteiger partial charge in [-0.15, -0.1) is 11.3 Å². The molecule has 3 aromatic rings. The molecule has 0 atom stereocenters. The fourth-order valence-electron chi connectivity index (χ4n) is 1.89. The maximum absolute atomic E-state index is 5.92. The molecule has 0 N–H and O–H groups in total. The van der Waals surface area contributed by atoms with Gasteiger partial charge < -0.3 is 4.74 Å². The Kier molecular flexibility index (Phi) is 3.35. The average Bonchev–Trinajstić information content (AvgIpc) is 2.82. The minimum Gasteiger partial charge on any atom is -0.487 e. The number of thiophene rings is 1. The Bertz CT molecular complexity index is 670. The van der Waals surface area contributed by atoms with Gasteiger partial charge in [0.15, 0.2) is 0 Å². The zero-order chi connectivity index (χ0) is 12.4. The molecule has 0 fully saturated rings. The zero-order valence-corrected chi connectivity index (χ0v) is 12.0. The lowest BCUT2D eigenvalue weighted by atomic mass is 10.1. The van der Waals surface area contributed by atoms with Gasteiger partial charge >= 0.3 is 0 Å². The number of hydrogen-bond donors (Lipinski definition) is 0. The third-order valence-electron chi connectivity index (χ3n) is 2.80. The third-order valence-corrected chi connectivity index (χ3v) is 4.70. The summed E-state index contributed by atoms with van der Waals surface area (Å²) in [5, 5.41) is 4.43. The Labute approximate surface area is 118 Å². The first-order valence-corrected chi connectivity index (χ1v) is 7.34. The minimum absolute atomic E-state index is 0.603. The molecule has 0 aliphatic rings. The Morgan fingerprint density at radius 3 is 2.67 bits per heavy atom. The van der Waals surface area contributed by atoms with Crippen LogP contribution in [0.25, 0.3) is 10.8 Å². The second kappa shape index (κ2) is 5.12. The van der Waals surface area contributed by atoms with Crippen LogP contribution in [0.5, 0.6) is 5.75 Å². The maximum Gasteiger partial charge on any atom is 0.127 e. The molecule has 3 rings (SSSR count). The molecule has 0 bridgehead atoms. The summed E-state index contributed by atoms with van der Waals surface area (Å²) in [4.78, 5) is 1.21. The summed E-state index contributed by atoms with van der Waals surface area (Å²) in [7, 11) is 0. The van der Waals surface area contributed by atoms with Crippen molar-refractivity contribution in [1.29, 1.82) is 0 Å². The molecule has 2 aromatic carbocycles. The van der Waals surface area contributed by atoms with Crippen molar-refractivity contribution >= 4 is 38.0 Å². The lowest BCUT2D eigenvalue weighted by Crippen LogP contribution is -1.94. The molecule has 0 aliphatic heterocycles. The van der Waals surface area contributed by atoms with Gasteiger partial charge in [0.2, 0.25) is 0 Å². The Morgan fingerprint density at radius 1 is 1.00 bits per heavy atom. The standard InChI is InChI=1S/C15H11BrOS/c16-13-8-9-18-15(13)10-17-14-7-3-5-11-4-1-2-6-12(11)14/h1-9H,10H2. The van der Waals surface area contributed by atoms with Crippen LogP contribution in [0, 0.1) is 0 Å². The topological polar surface area (TPSA) is 9.23 Å². The van der Waals surface area contributed by atoms with Crippen LogP contribution >= 0.6 is 27.3 Å². The van der Waals surface area contributed by atoms with Gasteiger partial charge in [0.05, 0.1) is 4.88 Å². The molecule has 1 nitrogen and oxygen atoms in total. The van der Waals surface area contributed by atoms with Crippen molar-refractivity contribution < 1.29 is 4.74 Å². The van der Waals surface area contributed by atoms with Crippen LogP contribution in [-0.2, 0) is 6.61 Å². The fraction of sp³-hybridized carbons (Fsp3) is 0.0667. The SMILES string of the molecule is Brc1ccsc1COc1cccc2ccccc12. The van der Waals surface area contributed by atoms with Gasteiger partial charge in [0, 0.05) is 9.86 Å². The number of fused-ring (bicyclic) bond motifs is 1. The maximum atomic E-state index is 5.92. The van der Waals surface area contributed by atoms with Gasteiger partial charge in [-0.25, -0.2) is 0 Å². The van der Waals surface area contributed by atoms with Crippen molar-refractivity contribution in [2.75, 3.05) is 0 Å². The van der Waals surface area contributed by atoms with E-state index in [1.165, 1.54) is 10.3 Å². The van der Waals surface area contributed by atoms with E-state index in [2.05, 4.69) is 39.5 Å². The van der Waals surface area contributed by atoms with Crippen molar-refractivity contribution in [3.63, 3.8) is 0 Å². The van der Waals surface area contributed by atoms with Gasteiger partial charge in [-0.2, -0.15) is 0 Å². The van der Waals surface area contributed by atoms with E-state index in [9.17, 15) is 0 Å². The quantitative estimate of drug-likeness (QED) is 0.641. The normalized spacial score (nSPS) is 10.7. The van der Waals surface area contributed by atoms with E-state index in [4.69, 9.17) is 4.74 Å². The first kappa shape index (κ1) is 11.8. The van der Waals surface area contributed by atoms with Gasteiger partial charge in [-0.3, -0.25) is 0 Å².